The van der Waals surface area contributed by atoms with Crippen LogP contribution in [0.25, 0.3) is 16.9 Å². The van der Waals surface area contributed by atoms with Crippen molar-refractivity contribution in [2.24, 2.45) is 0 Å². The van der Waals surface area contributed by atoms with Crippen molar-refractivity contribution in [2.75, 3.05) is 11.9 Å². The van der Waals surface area contributed by atoms with Gasteiger partial charge in [-0.15, -0.1) is 0 Å². The van der Waals surface area contributed by atoms with E-state index in [1.807, 2.05) is 0 Å². The van der Waals surface area contributed by atoms with Crippen molar-refractivity contribution in [3.05, 3.63) is 59.6 Å². The fraction of sp³-hybridized carbons (Fsp3) is 0.238. The van der Waals surface area contributed by atoms with Gasteiger partial charge >= 0.3 is 12.6 Å². The van der Waals surface area contributed by atoms with Gasteiger partial charge in [0.05, 0.1) is 24.1 Å². The predicted octanol–water partition coefficient (Wildman–Crippen LogP) is 3.44. The molecule has 176 valence electrons. The number of carbonyl (C=O) groups is 1. The molecule has 1 aliphatic rings. The quantitative estimate of drug-likeness (QED) is 0.299. The highest BCUT2D eigenvalue weighted by Gasteiger charge is 2.31. The summed E-state index contributed by atoms with van der Waals surface area (Å²) in [4.78, 5) is 16.4. The van der Waals surface area contributed by atoms with Crippen molar-refractivity contribution >= 4 is 28.9 Å². The molecule has 3 aromatic heterocycles. The molecule has 2 unspecified atom stereocenters. The van der Waals surface area contributed by atoms with Gasteiger partial charge in [-0.05, 0) is 24.3 Å². The van der Waals surface area contributed by atoms with E-state index in [4.69, 9.17) is 16.3 Å². The zero-order valence-electron chi connectivity index (χ0n) is 17.3. The Hall–Kier alpha value is -3.77. The van der Waals surface area contributed by atoms with Gasteiger partial charge in [0.15, 0.2) is 17.9 Å². The fourth-order valence-corrected chi connectivity index (χ4v) is 3.90. The maximum atomic E-state index is 13.0. The minimum Gasteiger partial charge on any atom is -0.464 e. The van der Waals surface area contributed by atoms with Crippen molar-refractivity contribution < 1.29 is 28.2 Å². The van der Waals surface area contributed by atoms with E-state index in [9.17, 15) is 18.7 Å². The topological polar surface area (TPSA) is 116 Å². The molecule has 0 amide bonds. The van der Waals surface area contributed by atoms with Crippen LogP contribution < -0.4 is 10.1 Å². The molecular formula is C21H17ClF2N6O4. The van der Waals surface area contributed by atoms with E-state index in [1.54, 1.807) is 18.5 Å². The van der Waals surface area contributed by atoms with Crippen LogP contribution >= 0.6 is 11.6 Å². The lowest BCUT2D eigenvalue weighted by atomic mass is 10.1. The molecule has 1 saturated heterocycles. The van der Waals surface area contributed by atoms with Gasteiger partial charge in [0.2, 0.25) is 0 Å². The number of fused-ring (bicyclic) bond motifs is 1. The number of hydrogen-bond donors (Lipinski definition) is 2. The molecule has 5 rings (SSSR count). The number of halogens is 3. The van der Waals surface area contributed by atoms with Crippen molar-refractivity contribution in [3.8, 4) is 17.0 Å². The second-order valence-corrected chi connectivity index (χ2v) is 7.83. The van der Waals surface area contributed by atoms with Crippen LogP contribution in [0.3, 0.4) is 0 Å². The van der Waals surface area contributed by atoms with Crippen LogP contribution in [0.1, 0.15) is 24.3 Å². The maximum Gasteiger partial charge on any atom is 0.387 e. The summed E-state index contributed by atoms with van der Waals surface area (Å²) in [5, 5.41) is 22.7. The molecule has 0 spiro atoms. The van der Waals surface area contributed by atoms with Crippen molar-refractivity contribution in [3.63, 3.8) is 0 Å². The summed E-state index contributed by atoms with van der Waals surface area (Å²) in [6.45, 7) is -2.85. The second kappa shape index (κ2) is 8.88. The Morgan fingerprint density at radius 3 is 2.97 bits per heavy atom. The van der Waals surface area contributed by atoms with Gasteiger partial charge in [-0.1, -0.05) is 11.6 Å². The summed E-state index contributed by atoms with van der Waals surface area (Å²) in [5.74, 6) is -0.642. The third-order valence-corrected chi connectivity index (χ3v) is 5.50. The molecule has 0 bridgehead atoms. The van der Waals surface area contributed by atoms with Crippen LogP contribution in [-0.4, -0.2) is 48.7 Å². The molecule has 4 heterocycles. The minimum atomic E-state index is -3.08. The van der Waals surface area contributed by atoms with Gasteiger partial charge in [0.25, 0.3) is 0 Å². The van der Waals surface area contributed by atoms with E-state index in [0.717, 1.165) is 0 Å². The van der Waals surface area contributed by atoms with Gasteiger partial charge < -0.3 is 19.9 Å². The Morgan fingerprint density at radius 1 is 1.35 bits per heavy atom. The average molecular weight is 491 g/mol. The lowest BCUT2D eigenvalue weighted by Gasteiger charge is -2.14. The van der Waals surface area contributed by atoms with Crippen LogP contribution in [0.5, 0.6) is 5.75 Å². The molecule has 1 aliphatic heterocycles. The van der Waals surface area contributed by atoms with E-state index in [1.165, 1.54) is 39.8 Å². The molecule has 13 heteroatoms. The third kappa shape index (κ3) is 4.13. The summed E-state index contributed by atoms with van der Waals surface area (Å²) in [6, 6.07) is 5.09. The molecule has 1 aromatic carbocycles. The number of esters is 1. The minimum absolute atomic E-state index is 0.140. The number of alkyl halides is 2. The largest absolute Gasteiger partial charge is 0.464 e. The van der Waals surface area contributed by atoms with E-state index in [-0.39, 0.29) is 34.3 Å². The van der Waals surface area contributed by atoms with E-state index < -0.39 is 24.9 Å². The van der Waals surface area contributed by atoms with Gasteiger partial charge in [-0.2, -0.15) is 19.0 Å². The smallest absolute Gasteiger partial charge is 0.387 e. The Morgan fingerprint density at radius 2 is 2.21 bits per heavy atom. The standard InChI is InChI=1S/C21H17ClF2N6O4/c22-11-2-3-16(34-21(23)24)12(8-11)17-14(10-30(28-17)15-4-7-33-20(15)32)27-19(31)13-9-26-29-6-1-5-25-18(13)29/h1-3,5-6,8-10,15,19,21,27,31H,4,7H2. The molecule has 2 N–H and O–H groups in total. The predicted molar refractivity (Wildman–Crippen MR) is 115 cm³/mol. The highest BCUT2D eigenvalue weighted by molar-refractivity contribution is 6.31. The van der Waals surface area contributed by atoms with E-state index in [0.29, 0.717) is 17.6 Å². The van der Waals surface area contributed by atoms with Gasteiger partial charge in [-0.3, -0.25) is 4.68 Å². The lowest BCUT2D eigenvalue weighted by molar-refractivity contribution is -0.140. The highest BCUT2D eigenvalue weighted by atomic mass is 35.5. The van der Waals surface area contributed by atoms with Crippen LogP contribution in [0, 0.1) is 0 Å². The molecule has 1 fully saturated rings. The zero-order chi connectivity index (χ0) is 23.8. The molecule has 2 atom stereocenters. The Labute approximate surface area is 195 Å². The van der Waals surface area contributed by atoms with Crippen LogP contribution in [0.15, 0.2) is 49.1 Å². The SMILES string of the molecule is O=C1OCCC1n1cc(NC(O)c2cnn3cccnc23)c(-c2cc(Cl)ccc2OC(F)F)n1. The second-order valence-electron chi connectivity index (χ2n) is 7.40. The van der Waals surface area contributed by atoms with Crippen molar-refractivity contribution in [1.29, 1.82) is 0 Å². The molecular weight excluding hydrogens is 474 g/mol. The van der Waals surface area contributed by atoms with E-state index in [2.05, 4.69) is 25.2 Å². The summed E-state index contributed by atoms with van der Waals surface area (Å²) >= 11 is 6.12. The first-order valence-corrected chi connectivity index (χ1v) is 10.5. The van der Waals surface area contributed by atoms with Gasteiger partial charge in [0, 0.05) is 35.6 Å². The summed E-state index contributed by atoms with van der Waals surface area (Å²) in [5.41, 5.74) is 1.31. The number of hydrogen-bond acceptors (Lipinski definition) is 8. The Bertz CT molecular complexity index is 1360. The highest BCUT2D eigenvalue weighted by Crippen LogP contribution is 2.39. The molecule has 10 nitrogen and oxygen atoms in total. The Kier molecular flexibility index (Phi) is 5.75. The monoisotopic (exact) mass is 490 g/mol. The number of rotatable bonds is 7. The molecule has 0 saturated carbocycles. The fourth-order valence-electron chi connectivity index (χ4n) is 3.73. The number of aromatic nitrogens is 5. The number of anilines is 1. The van der Waals surface area contributed by atoms with Crippen LogP contribution in [0.4, 0.5) is 14.5 Å². The molecule has 0 aliphatic carbocycles. The number of ether oxygens (including phenoxy) is 2. The number of aliphatic hydroxyl groups excluding tert-OH is 1. The first-order valence-electron chi connectivity index (χ1n) is 10.1. The normalized spacial score (nSPS) is 16.7. The summed E-state index contributed by atoms with van der Waals surface area (Å²) < 4.78 is 38.6. The molecule has 0 radical (unpaired) electrons. The molecule has 4 aromatic rings. The number of cyclic esters (lactones) is 1. The Balaban J connectivity index is 1.58. The van der Waals surface area contributed by atoms with Crippen molar-refractivity contribution in [1.82, 2.24) is 24.4 Å². The summed E-state index contributed by atoms with van der Waals surface area (Å²) in [6.07, 6.45) is 5.26. The third-order valence-electron chi connectivity index (χ3n) is 5.27. The maximum absolute atomic E-state index is 13.0. The van der Waals surface area contributed by atoms with Gasteiger partial charge in [-0.25, -0.2) is 14.3 Å². The number of carbonyl (C=O) groups excluding carboxylic acids is 1. The first-order chi connectivity index (χ1) is 16.4. The van der Waals surface area contributed by atoms with E-state index >= 15 is 0 Å². The van der Waals surface area contributed by atoms with Gasteiger partial charge in [0.1, 0.15) is 11.4 Å². The lowest BCUT2D eigenvalue weighted by Crippen LogP contribution is -2.14. The van der Waals surface area contributed by atoms with Crippen molar-refractivity contribution in [2.45, 2.75) is 25.3 Å². The number of nitrogens with zero attached hydrogens (tertiary/aromatic N) is 5. The van der Waals surface area contributed by atoms with Crippen LogP contribution in [0.2, 0.25) is 5.02 Å². The van der Waals surface area contributed by atoms with Crippen LogP contribution in [-0.2, 0) is 9.53 Å². The number of nitrogens with one attached hydrogen (secondary N) is 1. The first kappa shape index (κ1) is 22.0. The zero-order valence-corrected chi connectivity index (χ0v) is 18.1. The number of benzene rings is 1. The average Bonchev–Trinajstić information content (AvgIpc) is 3.52. The summed E-state index contributed by atoms with van der Waals surface area (Å²) in [7, 11) is 0. The molecule has 34 heavy (non-hydrogen) atoms. The number of aliphatic hydroxyl groups is 1.